The molecule has 1 aliphatic carbocycles. The van der Waals surface area contributed by atoms with Gasteiger partial charge in [0.15, 0.2) is 17.0 Å². The lowest BCUT2D eigenvalue weighted by molar-refractivity contribution is -0.122. The van der Waals surface area contributed by atoms with Gasteiger partial charge in [-0.15, -0.1) is 4.99 Å². The molecular weight excluding hydrogens is 685 g/mol. The number of hydrogen-bond donors (Lipinski definition) is 5. The number of guanidine groups is 1. The maximum absolute atomic E-state index is 12.3. The molecular formula is C39H44N12O3. The lowest BCUT2D eigenvalue weighted by atomic mass is 9.91. The van der Waals surface area contributed by atoms with Gasteiger partial charge in [0.05, 0.1) is 24.5 Å². The molecule has 1 amide bonds. The van der Waals surface area contributed by atoms with Crippen molar-refractivity contribution < 1.29 is 15.0 Å². The van der Waals surface area contributed by atoms with Crippen LogP contribution < -0.4 is 21.3 Å². The molecule has 2 aliphatic rings. The van der Waals surface area contributed by atoms with Gasteiger partial charge in [-0.3, -0.25) is 9.78 Å². The first-order valence-electron chi connectivity index (χ1n) is 18.2. The van der Waals surface area contributed by atoms with Gasteiger partial charge in [0.1, 0.15) is 12.2 Å². The van der Waals surface area contributed by atoms with Crippen LogP contribution in [-0.4, -0.2) is 95.4 Å². The Bertz CT molecular complexity index is 2070. The molecule has 278 valence electrons. The summed E-state index contributed by atoms with van der Waals surface area (Å²) in [6, 6.07) is 23.0. The summed E-state index contributed by atoms with van der Waals surface area (Å²) in [4.78, 5) is 39.2. The molecule has 7 rings (SSSR count). The normalized spacial score (nSPS) is 21.4. The molecule has 4 unspecified atom stereocenters. The van der Waals surface area contributed by atoms with Crippen molar-refractivity contribution in [2.45, 2.75) is 69.0 Å². The highest BCUT2D eigenvalue weighted by atomic mass is 16.3. The number of nitriles is 1. The molecule has 2 fully saturated rings. The van der Waals surface area contributed by atoms with Crippen LogP contribution in [0.4, 0.5) is 11.8 Å². The Morgan fingerprint density at radius 2 is 1.81 bits per heavy atom. The maximum atomic E-state index is 12.3. The summed E-state index contributed by atoms with van der Waals surface area (Å²) in [7, 11) is 0. The number of aromatic nitrogens is 5. The Kier molecular flexibility index (Phi) is 10.9. The fourth-order valence-electron chi connectivity index (χ4n) is 7.52. The van der Waals surface area contributed by atoms with Gasteiger partial charge in [0.2, 0.25) is 24.0 Å². The van der Waals surface area contributed by atoms with E-state index in [9.17, 15) is 20.3 Å². The van der Waals surface area contributed by atoms with Gasteiger partial charge < -0.3 is 40.9 Å². The van der Waals surface area contributed by atoms with Crippen molar-refractivity contribution in [3.8, 4) is 6.19 Å². The second kappa shape index (κ2) is 16.3. The van der Waals surface area contributed by atoms with E-state index < -0.39 is 24.3 Å². The highest BCUT2D eigenvalue weighted by Crippen LogP contribution is 2.36. The van der Waals surface area contributed by atoms with Gasteiger partial charge in [-0.05, 0) is 35.6 Å². The number of nitrogens with one attached hydrogen (secondary N) is 2. The lowest BCUT2D eigenvalue weighted by Gasteiger charge is -2.29. The van der Waals surface area contributed by atoms with E-state index in [-0.39, 0.29) is 36.7 Å². The molecule has 6 N–H and O–H groups in total. The van der Waals surface area contributed by atoms with Gasteiger partial charge in [0.25, 0.3) is 0 Å². The minimum Gasteiger partial charge on any atom is -0.388 e. The van der Waals surface area contributed by atoms with Crippen molar-refractivity contribution in [3.05, 3.63) is 108 Å². The zero-order chi connectivity index (χ0) is 37.6. The van der Waals surface area contributed by atoms with Gasteiger partial charge in [-0.25, -0.2) is 4.98 Å². The Morgan fingerprint density at radius 3 is 2.48 bits per heavy atom. The van der Waals surface area contributed by atoms with E-state index in [2.05, 4.69) is 49.8 Å². The van der Waals surface area contributed by atoms with E-state index >= 15 is 0 Å². The topological polar surface area (TPSA) is 207 Å². The summed E-state index contributed by atoms with van der Waals surface area (Å²) < 4.78 is 1.78. The van der Waals surface area contributed by atoms with E-state index in [1.807, 2.05) is 59.6 Å². The van der Waals surface area contributed by atoms with Crippen molar-refractivity contribution in [1.29, 1.82) is 5.26 Å². The van der Waals surface area contributed by atoms with Crippen LogP contribution in [0, 0.1) is 11.5 Å². The highest BCUT2D eigenvalue weighted by molar-refractivity contribution is 5.85. The molecule has 1 aliphatic heterocycles. The van der Waals surface area contributed by atoms with E-state index in [0.29, 0.717) is 55.5 Å². The van der Waals surface area contributed by atoms with Crippen LogP contribution >= 0.6 is 0 Å². The van der Waals surface area contributed by atoms with Gasteiger partial charge in [-0.1, -0.05) is 73.7 Å². The van der Waals surface area contributed by atoms with Crippen molar-refractivity contribution >= 4 is 34.8 Å². The molecule has 0 spiro atoms. The van der Waals surface area contributed by atoms with Gasteiger partial charge >= 0.3 is 0 Å². The Hall–Kier alpha value is -6.11. The average molecular weight is 729 g/mol. The zero-order valence-electron chi connectivity index (χ0n) is 30.0. The number of nitrogens with zero attached hydrogens (tertiary/aromatic N) is 9. The third-order valence-electron chi connectivity index (χ3n) is 10.4. The number of benzene rings is 2. The monoisotopic (exact) mass is 728 g/mol. The largest absolute Gasteiger partial charge is 0.388 e. The van der Waals surface area contributed by atoms with Crippen molar-refractivity contribution in [3.63, 3.8) is 0 Å². The minimum absolute atomic E-state index is 0.00251. The van der Waals surface area contributed by atoms with Crippen LogP contribution in [0.2, 0.25) is 0 Å². The number of hydrogen-bond acceptors (Lipinski definition) is 11. The van der Waals surface area contributed by atoms with E-state index in [0.717, 1.165) is 16.7 Å². The first-order valence-corrected chi connectivity index (χ1v) is 18.2. The van der Waals surface area contributed by atoms with Crippen molar-refractivity contribution in [2.24, 2.45) is 10.7 Å². The average Bonchev–Trinajstić information content (AvgIpc) is 3.93. The number of amides is 1. The number of carbonyl (C=O) groups excluding carboxylic acids is 1. The van der Waals surface area contributed by atoms with Crippen LogP contribution in [0.1, 0.15) is 54.8 Å². The molecule has 54 heavy (non-hydrogen) atoms. The predicted molar refractivity (Wildman–Crippen MR) is 204 cm³/mol. The summed E-state index contributed by atoms with van der Waals surface area (Å²) in [5, 5.41) is 38.0. The number of anilines is 2. The summed E-state index contributed by atoms with van der Waals surface area (Å²) >= 11 is 0. The third-order valence-corrected chi connectivity index (χ3v) is 10.4. The molecule has 0 bridgehead atoms. The molecule has 5 aromatic rings. The standard InChI is InChI=1S/C39H44N12O3/c1-2-32(52)46-30-18-31(35(54)34(30)53)51-24-45-33-36(43-20-29(26-11-5-3-6-12-26)27-13-7-4-8-14-27)47-39(48-37(33)51)49-17-15-28(22-49)50(38(41)44-23-40)21-25-10-9-16-42-19-25/h3-14,16,19,24,28-31,34-35,53-54H,2,15,17-18,20-22H2,1H3,(H2,41,44)(H,46,52)(H,43,47,48)/t28-,30?,31?,34?,35?/m1/s1. The zero-order valence-corrected chi connectivity index (χ0v) is 30.0. The summed E-state index contributed by atoms with van der Waals surface area (Å²) in [6.07, 6.45) is 5.82. The van der Waals surface area contributed by atoms with Gasteiger partial charge in [0, 0.05) is 50.9 Å². The number of carbonyl (C=O) groups is 1. The SMILES string of the molecule is CCC(=O)NC1CC(n2cnc3c(NCC(c4ccccc4)c4ccccc4)nc(N4CC[C@@H](N(Cc5cccnc5)C(N)=NC#N)C4)nc32)C(O)C1O. The van der Waals surface area contributed by atoms with E-state index in [4.69, 9.17) is 20.7 Å². The van der Waals surface area contributed by atoms with E-state index in [1.165, 1.54) is 0 Å². The summed E-state index contributed by atoms with van der Waals surface area (Å²) in [5.74, 6) is 0.891. The fraction of sp³-hybridized carbons (Fsp3) is 0.359. The molecule has 1 saturated heterocycles. The molecule has 2 aromatic carbocycles. The Labute approximate surface area is 313 Å². The number of aliphatic imine (C=N–C) groups is 1. The van der Waals surface area contributed by atoms with Crippen molar-refractivity contribution in [2.75, 3.05) is 29.9 Å². The first-order chi connectivity index (χ1) is 26.3. The van der Waals surface area contributed by atoms with E-state index in [1.54, 1.807) is 30.2 Å². The van der Waals surface area contributed by atoms with Crippen LogP contribution in [0.15, 0.2) is 96.5 Å². The molecule has 1 saturated carbocycles. The molecule has 15 nitrogen and oxygen atoms in total. The number of aliphatic hydroxyl groups excluding tert-OH is 2. The number of rotatable bonds is 12. The Balaban J connectivity index is 1.24. The third kappa shape index (κ3) is 7.66. The second-order valence-corrected chi connectivity index (χ2v) is 13.7. The van der Waals surface area contributed by atoms with Crippen LogP contribution in [0.3, 0.4) is 0 Å². The second-order valence-electron chi connectivity index (χ2n) is 13.7. The number of aliphatic hydroxyl groups is 2. The molecule has 3 aromatic heterocycles. The smallest absolute Gasteiger partial charge is 0.229 e. The first kappa shape index (κ1) is 36.3. The van der Waals surface area contributed by atoms with Crippen LogP contribution in [0.5, 0.6) is 0 Å². The number of pyridine rings is 1. The molecule has 5 atom stereocenters. The highest BCUT2D eigenvalue weighted by Gasteiger charge is 2.44. The molecule has 15 heteroatoms. The van der Waals surface area contributed by atoms with Crippen LogP contribution in [0.25, 0.3) is 11.2 Å². The summed E-state index contributed by atoms with van der Waals surface area (Å²) in [6.45, 7) is 3.76. The summed E-state index contributed by atoms with van der Waals surface area (Å²) in [5.41, 5.74) is 10.6. The number of nitrogens with two attached hydrogens (primary N) is 1. The maximum Gasteiger partial charge on any atom is 0.229 e. The van der Waals surface area contributed by atoms with Crippen LogP contribution in [-0.2, 0) is 11.3 Å². The molecule has 4 heterocycles. The molecule has 0 radical (unpaired) electrons. The minimum atomic E-state index is -1.17. The number of imidazole rings is 1. The predicted octanol–water partition coefficient (Wildman–Crippen LogP) is 2.90. The fourth-order valence-corrected chi connectivity index (χ4v) is 7.52. The van der Waals surface area contributed by atoms with Gasteiger partial charge in [-0.2, -0.15) is 15.2 Å². The number of fused-ring (bicyclic) bond motifs is 1. The van der Waals surface area contributed by atoms with Crippen molar-refractivity contribution in [1.82, 2.24) is 34.7 Å². The quantitative estimate of drug-likeness (QED) is 0.0715. The lowest BCUT2D eigenvalue weighted by Crippen LogP contribution is -2.45. The Morgan fingerprint density at radius 1 is 1.07 bits per heavy atom.